The number of allylic oxidation sites excluding steroid dienone is 2. The molecule has 0 amide bonds. The minimum atomic E-state index is 0.0224. The van der Waals surface area contributed by atoms with Gasteiger partial charge in [-0.25, -0.2) is 4.98 Å². The quantitative estimate of drug-likeness (QED) is 0.497. The second kappa shape index (κ2) is 9.80. The Kier molecular flexibility index (Phi) is 7.75. The number of thioether (sulfide) groups is 1. The van der Waals surface area contributed by atoms with Crippen LogP contribution in [-0.4, -0.2) is 33.0 Å². The first-order valence-corrected chi connectivity index (χ1v) is 10.4. The molecule has 1 N–H and O–H groups in total. The monoisotopic (exact) mass is 407 g/mol. The lowest BCUT2D eigenvalue weighted by Gasteiger charge is -2.19. The summed E-state index contributed by atoms with van der Waals surface area (Å²) in [4.78, 5) is 11.5. The summed E-state index contributed by atoms with van der Waals surface area (Å²) in [6, 6.07) is 9.69. The summed E-state index contributed by atoms with van der Waals surface area (Å²) in [5.74, 6) is 0.936. The molecule has 2 heterocycles. The molecule has 1 aliphatic rings. The van der Waals surface area contributed by atoms with Crippen molar-refractivity contribution in [3.8, 4) is 0 Å². The number of amidine groups is 1. The maximum absolute atomic E-state index is 10.7. The minimum absolute atomic E-state index is 0.0224. The molecule has 1 aliphatic heterocycles. The Morgan fingerprint density at radius 1 is 1.35 bits per heavy atom. The smallest absolute Gasteiger partial charge is 0.200 e. The largest absolute Gasteiger partial charge is 0.494 e. The van der Waals surface area contributed by atoms with Crippen molar-refractivity contribution >= 4 is 45.4 Å². The summed E-state index contributed by atoms with van der Waals surface area (Å²) in [7, 11) is 1.80. The number of halogens is 1. The van der Waals surface area contributed by atoms with E-state index in [2.05, 4.69) is 11.6 Å². The van der Waals surface area contributed by atoms with Crippen LogP contribution in [-0.2, 0) is 0 Å². The van der Waals surface area contributed by atoms with Crippen LogP contribution >= 0.6 is 34.7 Å². The Morgan fingerprint density at radius 2 is 2.04 bits per heavy atom. The lowest BCUT2D eigenvalue weighted by molar-refractivity contribution is 0.307. The van der Waals surface area contributed by atoms with Gasteiger partial charge in [0.05, 0.1) is 10.9 Å². The van der Waals surface area contributed by atoms with Crippen molar-refractivity contribution in [2.75, 3.05) is 12.8 Å². The molecule has 1 atom stereocenters. The van der Waals surface area contributed by atoms with Crippen LogP contribution in [0, 0.1) is 0 Å². The fourth-order valence-corrected chi connectivity index (χ4v) is 4.48. The van der Waals surface area contributed by atoms with E-state index < -0.39 is 0 Å². The standard InChI is InChI=1S/C17H16ClN3OS2.C2H6/c1-3-12(11-7-5-4-6-8-11)15(22)21(2)17-20-13(10-23-17)14-9-19-16(18)24-14;1-2/h3-9,13,22H,1,10H2,2H3;1-2H3/b15-12-;. The van der Waals surface area contributed by atoms with E-state index in [-0.39, 0.29) is 11.9 Å². The van der Waals surface area contributed by atoms with Crippen molar-refractivity contribution in [2.24, 2.45) is 4.99 Å². The SMILES string of the molecule is C=C/C(=C(/O)N(C)C1=NC(c2cnc(Cl)s2)CS1)c1ccccc1.CC. The summed E-state index contributed by atoms with van der Waals surface area (Å²) in [6.07, 6.45) is 3.42. The Bertz CT molecular complexity index is 802. The maximum Gasteiger partial charge on any atom is 0.200 e. The van der Waals surface area contributed by atoms with Crippen LogP contribution in [0.3, 0.4) is 0 Å². The van der Waals surface area contributed by atoms with Gasteiger partial charge in [-0.15, -0.1) is 11.3 Å². The molecule has 0 saturated heterocycles. The molecular formula is C19H22ClN3OS2. The summed E-state index contributed by atoms with van der Waals surface area (Å²) >= 11 is 8.94. The van der Waals surface area contributed by atoms with Crippen LogP contribution in [0.25, 0.3) is 5.57 Å². The highest BCUT2D eigenvalue weighted by atomic mass is 35.5. The third-order valence-corrected chi connectivity index (χ3v) is 5.93. The number of hydrogen-bond donors (Lipinski definition) is 1. The fourth-order valence-electron chi connectivity index (χ4n) is 2.34. The summed E-state index contributed by atoms with van der Waals surface area (Å²) in [6.45, 7) is 7.82. The lowest BCUT2D eigenvalue weighted by Crippen LogP contribution is -2.23. The van der Waals surface area contributed by atoms with Gasteiger partial charge in [-0.1, -0.05) is 80.2 Å². The highest BCUT2D eigenvalue weighted by molar-refractivity contribution is 8.14. The van der Waals surface area contributed by atoms with Gasteiger partial charge in [0.1, 0.15) is 0 Å². The van der Waals surface area contributed by atoms with Crippen LogP contribution in [0.4, 0.5) is 0 Å². The Balaban J connectivity index is 0.00000117. The normalized spacial score (nSPS) is 16.9. The van der Waals surface area contributed by atoms with Crippen LogP contribution in [0.5, 0.6) is 0 Å². The molecule has 1 aromatic carbocycles. The first kappa shape index (κ1) is 20.6. The van der Waals surface area contributed by atoms with Gasteiger partial charge in [0.2, 0.25) is 5.88 Å². The van der Waals surface area contributed by atoms with E-state index in [9.17, 15) is 5.11 Å². The molecular weight excluding hydrogens is 386 g/mol. The number of thiazole rings is 1. The number of nitrogens with zero attached hydrogens (tertiary/aromatic N) is 3. The van der Waals surface area contributed by atoms with Gasteiger partial charge in [-0.3, -0.25) is 9.89 Å². The number of aliphatic imine (C=N–C) groups is 1. The highest BCUT2D eigenvalue weighted by Crippen LogP contribution is 2.36. The van der Waals surface area contributed by atoms with Crippen LogP contribution < -0.4 is 0 Å². The van der Waals surface area contributed by atoms with Crippen molar-refractivity contribution < 1.29 is 5.11 Å². The predicted molar refractivity (Wildman–Crippen MR) is 115 cm³/mol. The van der Waals surface area contributed by atoms with Gasteiger partial charge < -0.3 is 5.11 Å². The first-order valence-electron chi connectivity index (χ1n) is 8.26. The predicted octanol–water partition coefficient (Wildman–Crippen LogP) is 6.01. The molecule has 0 spiro atoms. The third-order valence-electron chi connectivity index (χ3n) is 3.59. The molecule has 0 saturated carbocycles. The zero-order chi connectivity index (χ0) is 19.1. The fraction of sp³-hybridized carbons (Fsp3) is 0.263. The number of aliphatic hydroxyl groups is 1. The molecule has 1 aromatic heterocycles. The summed E-state index contributed by atoms with van der Waals surface area (Å²) in [5, 5.41) is 11.4. The highest BCUT2D eigenvalue weighted by Gasteiger charge is 2.26. The summed E-state index contributed by atoms with van der Waals surface area (Å²) in [5.41, 5.74) is 1.58. The Labute approximate surface area is 167 Å². The van der Waals surface area contributed by atoms with Crippen molar-refractivity contribution in [3.05, 3.63) is 70.0 Å². The van der Waals surface area contributed by atoms with Crippen molar-refractivity contribution in [1.29, 1.82) is 0 Å². The van der Waals surface area contributed by atoms with Gasteiger partial charge >= 0.3 is 0 Å². The van der Waals surface area contributed by atoms with Gasteiger partial charge in [-0.05, 0) is 5.56 Å². The number of aromatic nitrogens is 1. The molecule has 1 unspecified atom stereocenters. The second-order valence-electron chi connectivity index (χ2n) is 5.12. The van der Waals surface area contributed by atoms with Crippen molar-refractivity contribution in [2.45, 2.75) is 19.9 Å². The molecule has 0 radical (unpaired) electrons. The maximum atomic E-state index is 10.7. The number of aliphatic hydroxyl groups excluding tert-OH is 1. The molecule has 0 bridgehead atoms. The van der Waals surface area contributed by atoms with E-state index in [0.717, 1.165) is 21.4 Å². The van der Waals surface area contributed by atoms with E-state index in [1.807, 2.05) is 44.2 Å². The first-order chi connectivity index (χ1) is 12.6. The van der Waals surface area contributed by atoms with E-state index >= 15 is 0 Å². The minimum Gasteiger partial charge on any atom is -0.494 e. The van der Waals surface area contributed by atoms with Gasteiger partial charge in [0.15, 0.2) is 9.63 Å². The third kappa shape index (κ3) is 4.69. The number of rotatable bonds is 4. The average Bonchev–Trinajstić information content (AvgIpc) is 3.33. The van der Waals surface area contributed by atoms with Crippen LogP contribution in [0.1, 0.15) is 30.3 Å². The summed E-state index contributed by atoms with van der Waals surface area (Å²) < 4.78 is 0.521. The van der Waals surface area contributed by atoms with Crippen LogP contribution in [0.15, 0.2) is 60.1 Å². The molecule has 138 valence electrons. The molecule has 0 fully saturated rings. The van der Waals surface area contributed by atoms with E-state index in [1.54, 1.807) is 36.0 Å². The van der Waals surface area contributed by atoms with Gasteiger partial charge in [0.25, 0.3) is 0 Å². The topological polar surface area (TPSA) is 48.7 Å². The molecule has 0 aliphatic carbocycles. The zero-order valence-electron chi connectivity index (χ0n) is 15.0. The van der Waals surface area contributed by atoms with E-state index in [1.165, 1.54) is 11.3 Å². The van der Waals surface area contributed by atoms with E-state index in [0.29, 0.717) is 10.0 Å². The molecule has 26 heavy (non-hydrogen) atoms. The molecule has 3 rings (SSSR count). The molecule has 7 heteroatoms. The zero-order valence-corrected chi connectivity index (χ0v) is 17.4. The second-order valence-corrected chi connectivity index (χ2v) is 7.75. The van der Waals surface area contributed by atoms with Crippen molar-refractivity contribution in [3.63, 3.8) is 0 Å². The molecule has 2 aromatic rings. The lowest BCUT2D eigenvalue weighted by atomic mass is 10.1. The number of benzene rings is 1. The van der Waals surface area contributed by atoms with Crippen LogP contribution in [0.2, 0.25) is 4.47 Å². The van der Waals surface area contributed by atoms with Crippen molar-refractivity contribution in [1.82, 2.24) is 9.88 Å². The number of hydrogen-bond acceptors (Lipinski definition) is 6. The molecule has 4 nitrogen and oxygen atoms in total. The van der Waals surface area contributed by atoms with Gasteiger partial charge in [0, 0.05) is 24.6 Å². The van der Waals surface area contributed by atoms with E-state index in [4.69, 9.17) is 16.6 Å². The Morgan fingerprint density at radius 3 is 2.62 bits per heavy atom. The Hall–Kier alpha value is -1.76. The van der Waals surface area contributed by atoms with Gasteiger partial charge in [-0.2, -0.15) is 0 Å². The average molecular weight is 408 g/mol.